The summed E-state index contributed by atoms with van der Waals surface area (Å²) in [7, 11) is 0. The van der Waals surface area contributed by atoms with Crippen molar-refractivity contribution in [2.75, 3.05) is 26.6 Å². The van der Waals surface area contributed by atoms with E-state index in [2.05, 4.69) is 0 Å². The molecule has 1 aliphatic carbocycles. The zero-order chi connectivity index (χ0) is 19.9. The fraction of sp³-hybridized carbons (Fsp3) is 0.900. The van der Waals surface area contributed by atoms with E-state index >= 15 is 0 Å². The fourth-order valence-corrected chi connectivity index (χ4v) is 3.49. The van der Waals surface area contributed by atoms with Crippen molar-refractivity contribution in [3.63, 3.8) is 0 Å². The molecule has 156 valence electrons. The summed E-state index contributed by atoms with van der Waals surface area (Å²) in [6.07, 6.45) is 3.95. The maximum Gasteiger partial charge on any atom is 0.410 e. The highest BCUT2D eigenvalue weighted by Gasteiger charge is 2.38. The number of hydrogen-bond donors (Lipinski definition) is 0. The minimum absolute atomic E-state index is 0.0673. The van der Waals surface area contributed by atoms with Crippen LogP contribution in [0.4, 0.5) is 4.79 Å². The topological polar surface area (TPSA) is 74.3 Å². The van der Waals surface area contributed by atoms with Gasteiger partial charge in [0.2, 0.25) is 0 Å². The largest absolute Gasteiger partial charge is 0.444 e. The van der Waals surface area contributed by atoms with Crippen molar-refractivity contribution >= 4 is 11.9 Å². The summed E-state index contributed by atoms with van der Waals surface area (Å²) in [6, 6.07) is -0.216. The average Bonchev–Trinajstić information content (AvgIpc) is 2.60. The number of hydrogen-bond acceptors (Lipinski definition) is 6. The Labute approximate surface area is 162 Å². The maximum absolute atomic E-state index is 12.7. The molecule has 0 radical (unpaired) electrons. The van der Waals surface area contributed by atoms with Gasteiger partial charge in [-0.15, -0.1) is 0 Å². The number of rotatable bonds is 7. The zero-order valence-corrected chi connectivity index (χ0v) is 17.2. The molecule has 0 aromatic carbocycles. The molecule has 1 saturated heterocycles. The van der Waals surface area contributed by atoms with E-state index in [1.807, 2.05) is 27.7 Å². The molecule has 1 aliphatic heterocycles. The molecule has 0 aromatic rings. The first-order chi connectivity index (χ1) is 12.8. The lowest BCUT2D eigenvalue weighted by molar-refractivity contribution is -0.140. The van der Waals surface area contributed by atoms with Crippen molar-refractivity contribution < 1.29 is 28.5 Å². The number of Topliss-reactive ketones (excluding diaryl/α,β-unsaturated/α-hetero) is 1. The molecule has 7 heteroatoms. The second-order valence-corrected chi connectivity index (χ2v) is 8.27. The van der Waals surface area contributed by atoms with Crippen LogP contribution < -0.4 is 0 Å². The maximum atomic E-state index is 12.7. The van der Waals surface area contributed by atoms with Gasteiger partial charge in [-0.25, -0.2) is 4.79 Å². The van der Waals surface area contributed by atoms with Gasteiger partial charge in [0, 0.05) is 26.0 Å². The Morgan fingerprint density at radius 2 is 1.85 bits per heavy atom. The van der Waals surface area contributed by atoms with Gasteiger partial charge in [-0.1, -0.05) is 0 Å². The SMILES string of the molecule is CCOCOC1CCCN(C(=O)OC(C)(C)C)C1COC1CCC(=O)CC1. The molecule has 0 aromatic heterocycles. The minimum Gasteiger partial charge on any atom is -0.444 e. The third kappa shape index (κ3) is 7.39. The van der Waals surface area contributed by atoms with E-state index in [9.17, 15) is 9.59 Å². The minimum atomic E-state index is -0.550. The molecule has 0 spiro atoms. The summed E-state index contributed by atoms with van der Waals surface area (Å²) in [5.41, 5.74) is -0.550. The highest BCUT2D eigenvalue weighted by atomic mass is 16.7. The number of carbonyl (C=O) groups is 2. The Morgan fingerprint density at radius 3 is 2.48 bits per heavy atom. The van der Waals surface area contributed by atoms with E-state index in [1.165, 1.54) is 0 Å². The average molecular weight is 386 g/mol. The van der Waals surface area contributed by atoms with E-state index < -0.39 is 5.60 Å². The molecule has 2 rings (SSSR count). The first kappa shape index (κ1) is 22.1. The Hall–Kier alpha value is -1.18. The molecule has 27 heavy (non-hydrogen) atoms. The monoisotopic (exact) mass is 385 g/mol. The second-order valence-electron chi connectivity index (χ2n) is 8.27. The van der Waals surface area contributed by atoms with E-state index in [1.54, 1.807) is 4.90 Å². The molecule has 7 nitrogen and oxygen atoms in total. The van der Waals surface area contributed by atoms with Crippen molar-refractivity contribution in [2.45, 2.75) is 90.1 Å². The van der Waals surface area contributed by atoms with Crippen molar-refractivity contribution in [3.05, 3.63) is 0 Å². The number of ether oxygens (including phenoxy) is 4. The van der Waals surface area contributed by atoms with E-state index in [4.69, 9.17) is 18.9 Å². The lowest BCUT2D eigenvalue weighted by Crippen LogP contribution is -2.55. The fourth-order valence-electron chi connectivity index (χ4n) is 3.49. The van der Waals surface area contributed by atoms with Crippen LogP contribution in [0.25, 0.3) is 0 Å². The molecular weight excluding hydrogens is 350 g/mol. The summed E-state index contributed by atoms with van der Waals surface area (Å²) in [6.45, 7) is 9.31. The van der Waals surface area contributed by atoms with E-state index in [0.29, 0.717) is 38.4 Å². The van der Waals surface area contributed by atoms with Crippen LogP contribution in [0.5, 0.6) is 0 Å². The van der Waals surface area contributed by atoms with Gasteiger partial charge in [0.15, 0.2) is 0 Å². The second kappa shape index (κ2) is 10.4. The summed E-state index contributed by atoms with van der Waals surface area (Å²) in [5, 5.41) is 0. The Morgan fingerprint density at radius 1 is 1.15 bits per heavy atom. The first-order valence-corrected chi connectivity index (χ1v) is 10.1. The third-order valence-corrected chi connectivity index (χ3v) is 4.91. The van der Waals surface area contributed by atoms with Gasteiger partial charge in [-0.2, -0.15) is 0 Å². The highest BCUT2D eigenvalue weighted by molar-refractivity contribution is 5.79. The van der Waals surface area contributed by atoms with Crippen LogP contribution in [0.15, 0.2) is 0 Å². The van der Waals surface area contributed by atoms with Crippen LogP contribution in [0, 0.1) is 0 Å². The van der Waals surface area contributed by atoms with Crippen LogP contribution >= 0.6 is 0 Å². The molecule has 2 unspecified atom stereocenters. The number of piperidine rings is 1. The number of ketones is 1. The Balaban J connectivity index is 2.00. The van der Waals surface area contributed by atoms with Crippen LogP contribution in [-0.4, -0.2) is 67.2 Å². The smallest absolute Gasteiger partial charge is 0.410 e. The van der Waals surface area contributed by atoms with Gasteiger partial charge in [-0.05, 0) is 53.4 Å². The van der Waals surface area contributed by atoms with Crippen molar-refractivity contribution in [1.29, 1.82) is 0 Å². The van der Waals surface area contributed by atoms with Crippen molar-refractivity contribution in [2.24, 2.45) is 0 Å². The molecule has 2 fully saturated rings. The molecular formula is C20H35NO6. The number of carbonyl (C=O) groups excluding carboxylic acids is 2. The molecule has 0 N–H and O–H groups in total. The summed E-state index contributed by atoms with van der Waals surface area (Å²) in [5.74, 6) is 0.306. The molecule has 1 amide bonds. The number of nitrogens with zero attached hydrogens (tertiary/aromatic N) is 1. The molecule has 2 aliphatic rings. The Bertz CT molecular complexity index is 479. The predicted molar refractivity (Wildman–Crippen MR) is 101 cm³/mol. The van der Waals surface area contributed by atoms with Gasteiger partial charge in [0.05, 0.1) is 24.9 Å². The van der Waals surface area contributed by atoms with E-state index in [0.717, 1.165) is 25.7 Å². The standard InChI is InChI=1S/C20H35NO6/c1-5-24-14-26-18-7-6-12-21(19(23)27-20(2,3)4)17(18)13-25-16-10-8-15(22)9-11-16/h16-18H,5-14H2,1-4H3. The molecule has 2 atom stereocenters. The van der Waals surface area contributed by atoms with E-state index in [-0.39, 0.29) is 31.1 Å². The summed E-state index contributed by atoms with van der Waals surface area (Å²) in [4.78, 5) is 25.9. The summed E-state index contributed by atoms with van der Waals surface area (Å²) >= 11 is 0. The normalized spacial score (nSPS) is 24.9. The van der Waals surface area contributed by atoms with Crippen molar-refractivity contribution in [3.8, 4) is 0 Å². The predicted octanol–water partition coefficient (Wildman–Crippen LogP) is 3.29. The third-order valence-electron chi connectivity index (χ3n) is 4.91. The quantitative estimate of drug-likeness (QED) is 0.494. The van der Waals surface area contributed by atoms with Gasteiger partial charge < -0.3 is 23.8 Å². The van der Waals surface area contributed by atoms with Crippen LogP contribution in [0.3, 0.4) is 0 Å². The first-order valence-electron chi connectivity index (χ1n) is 10.1. The summed E-state index contributed by atoms with van der Waals surface area (Å²) < 4.78 is 22.9. The van der Waals surface area contributed by atoms with Crippen molar-refractivity contribution in [1.82, 2.24) is 4.90 Å². The highest BCUT2D eigenvalue weighted by Crippen LogP contribution is 2.25. The van der Waals surface area contributed by atoms with Gasteiger partial charge in [0.25, 0.3) is 0 Å². The van der Waals surface area contributed by atoms with Gasteiger partial charge >= 0.3 is 6.09 Å². The lowest BCUT2D eigenvalue weighted by Gasteiger charge is -2.41. The zero-order valence-electron chi connectivity index (χ0n) is 17.2. The molecule has 1 heterocycles. The number of likely N-dealkylation sites (tertiary alicyclic amines) is 1. The van der Waals surface area contributed by atoms with Gasteiger partial charge in [-0.3, -0.25) is 4.79 Å². The van der Waals surface area contributed by atoms with Gasteiger partial charge in [0.1, 0.15) is 18.2 Å². The lowest BCUT2D eigenvalue weighted by atomic mass is 9.96. The number of amides is 1. The molecule has 1 saturated carbocycles. The van der Waals surface area contributed by atoms with Crippen LogP contribution in [0.2, 0.25) is 0 Å². The van der Waals surface area contributed by atoms with Crippen LogP contribution in [0.1, 0.15) is 66.2 Å². The van der Waals surface area contributed by atoms with Crippen LogP contribution in [-0.2, 0) is 23.7 Å². The molecule has 0 bridgehead atoms. The Kier molecular flexibility index (Phi) is 8.51.